The zero-order chi connectivity index (χ0) is 26.9. The minimum Gasteiger partial charge on any atom is -0.484 e. The van der Waals surface area contributed by atoms with Gasteiger partial charge in [-0.15, -0.1) is 0 Å². The molecule has 1 saturated heterocycles. The SMILES string of the molecule is Nc1nc(N2CCN(C(=O)COc3ccc(Cl)cc3)CC2)c2nc(-c3ccc(C(F)(F)F)cc3)ccc2n1. The Morgan fingerprint density at radius 3 is 2.26 bits per heavy atom. The number of amides is 1. The zero-order valence-corrected chi connectivity index (χ0v) is 20.7. The van der Waals surface area contributed by atoms with Crippen molar-refractivity contribution in [2.75, 3.05) is 43.4 Å². The van der Waals surface area contributed by atoms with E-state index in [0.717, 1.165) is 12.1 Å². The standard InChI is InChI=1S/C26H22ClF3N6O2/c27-18-5-7-19(8-6-18)38-15-22(37)35-11-13-36(14-12-35)24-23-21(33-25(31)34-24)10-9-20(32-23)16-1-3-17(4-2-16)26(28,29)30/h1-10H,11-15H2,(H2,31,33,34). The lowest BCUT2D eigenvalue weighted by Crippen LogP contribution is -2.50. The second-order valence-corrected chi connectivity index (χ2v) is 9.09. The summed E-state index contributed by atoms with van der Waals surface area (Å²) in [4.78, 5) is 29.7. The van der Waals surface area contributed by atoms with Gasteiger partial charge in [-0.25, -0.2) is 9.97 Å². The van der Waals surface area contributed by atoms with Gasteiger partial charge in [-0.2, -0.15) is 18.2 Å². The maximum absolute atomic E-state index is 13.0. The first-order valence-corrected chi connectivity index (χ1v) is 12.1. The maximum atomic E-state index is 13.0. The number of carbonyl (C=O) groups is 1. The van der Waals surface area contributed by atoms with E-state index in [9.17, 15) is 18.0 Å². The normalized spacial score (nSPS) is 14.1. The van der Waals surface area contributed by atoms with Crippen molar-refractivity contribution < 1.29 is 22.7 Å². The van der Waals surface area contributed by atoms with Crippen LogP contribution in [-0.4, -0.2) is 58.5 Å². The highest BCUT2D eigenvalue weighted by Crippen LogP contribution is 2.32. The van der Waals surface area contributed by atoms with Gasteiger partial charge in [0.15, 0.2) is 12.4 Å². The number of hydrogen-bond donors (Lipinski definition) is 1. The van der Waals surface area contributed by atoms with Crippen LogP contribution in [0.2, 0.25) is 5.02 Å². The van der Waals surface area contributed by atoms with Crippen LogP contribution in [-0.2, 0) is 11.0 Å². The van der Waals surface area contributed by atoms with Gasteiger partial charge in [0.2, 0.25) is 5.95 Å². The van der Waals surface area contributed by atoms with Crippen LogP contribution in [0, 0.1) is 0 Å². The number of anilines is 2. The van der Waals surface area contributed by atoms with Crippen LogP contribution in [0.15, 0.2) is 60.7 Å². The number of fused-ring (bicyclic) bond motifs is 1. The predicted octanol–water partition coefficient (Wildman–Crippen LogP) is 4.67. The second-order valence-electron chi connectivity index (χ2n) is 8.66. The fourth-order valence-corrected chi connectivity index (χ4v) is 4.29. The van der Waals surface area contributed by atoms with E-state index in [4.69, 9.17) is 22.1 Å². The Morgan fingerprint density at radius 2 is 1.61 bits per heavy atom. The van der Waals surface area contributed by atoms with Crippen molar-refractivity contribution in [1.29, 1.82) is 0 Å². The molecule has 0 spiro atoms. The summed E-state index contributed by atoms with van der Waals surface area (Å²) in [6, 6.07) is 15.0. The Morgan fingerprint density at radius 1 is 0.921 bits per heavy atom. The lowest BCUT2D eigenvalue weighted by atomic mass is 10.1. The van der Waals surface area contributed by atoms with E-state index >= 15 is 0 Å². The van der Waals surface area contributed by atoms with Gasteiger partial charge in [0.25, 0.3) is 5.91 Å². The maximum Gasteiger partial charge on any atom is 0.416 e. The Kier molecular flexibility index (Phi) is 6.94. The summed E-state index contributed by atoms with van der Waals surface area (Å²) in [5.41, 5.74) is 7.21. The number of alkyl halides is 3. The fraction of sp³-hybridized carbons (Fsp3) is 0.231. The van der Waals surface area contributed by atoms with Crippen LogP contribution in [0.25, 0.3) is 22.3 Å². The van der Waals surface area contributed by atoms with Crippen molar-refractivity contribution in [3.05, 3.63) is 71.2 Å². The van der Waals surface area contributed by atoms with Crippen molar-refractivity contribution >= 4 is 40.3 Å². The smallest absolute Gasteiger partial charge is 0.416 e. The molecule has 2 aromatic carbocycles. The minimum absolute atomic E-state index is 0.0754. The lowest BCUT2D eigenvalue weighted by Gasteiger charge is -2.35. The van der Waals surface area contributed by atoms with Gasteiger partial charge in [0, 0.05) is 36.8 Å². The van der Waals surface area contributed by atoms with Crippen molar-refractivity contribution in [2.45, 2.75) is 6.18 Å². The average Bonchev–Trinajstić information content (AvgIpc) is 2.91. The molecule has 2 aromatic heterocycles. The summed E-state index contributed by atoms with van der Waals surface area (Å²) in [6.07, 6.45) is -4.42. The van der Waals surface area contributed by atoms with Gasteiger partial charge in [-0.3, -0.25) is 4.79 Å². The molecule has 2 N–H and O–H groups in total. The number of aromatic nitrogens is 3. The van der Waals surface area contributed by atoms with Crippen LogP contribution in [0.1, 0.15) is 5.56 Å². The monoisotopic (exact) mass is 542 g/mol. The molecule has 12 heteroatoms. The number of hydrogen-bond acceptors (Lipinski definition) is 7. The molecular weight excluding hydrogens is 521 g/mol. The van der Waals surface area contributed by atoms with E-state index in [0.29, 0.717) is 65.1 Å². The Bertz CT molecular complexity index is 1460. The molecule has 1 amide bonds. The highest BCUT2D eigenvalue weighted by Gasteiger charge is 2.30. The molecule has 196 valence electrons. The van der Waals surface area contributed by atoms with E-state index < -0.39 is 11.7 Å². The average molecular weight is 543 g/mol. The van der Waals surface area contributed by atoms with Gasteiger partial charge >= 0.3 is 6.18 Å². The van der Waals surface area contributed by atoms with Gasteiger partial charge in [-0.1, -0.05) is 23.7 Å². The number of benzene rings is 2. The van der Waals surface area contributed by atoms with Crippen LogP contribution >= 0.6 is 11.6 Å². The largest absolute Gasteiger partial charge is 0.484 e. The molecule has 5 rings (SSSR count). The first-order chi connectivity index (χ1) is 18.2. The molecule has 38 heavy (non-hydrogen) atoms. The van der Waals surface area contributed by atoms with E-state index in [2.05, 4.69) is 15.0 Å². The lowest BCUT2D eigenvalue weighted by molar-refractivity contribution is -0.137. The van der Waals surface area contributed by atoms with E-state index in [1.165, 1.54) is 12.1 Å². The number of piperazine rings is 1. The third-order valence-electron chi connectivity index (χ3n) is 6.16. The quantitative estimate of drug-likeness (QED) is 0.391. The molecule has 8 nitrogen and oxygen atoms in total. The topological polar surface area (TPSA) is 97.5 Å². The van der Waals surface area contributed by atoms with E-state index in [-0.39, 0.29) is 18.5 Å². The number of ether oxygens (including phenoxy) is 1. The highest BCUT2D eigenvalue weighted by molar-refractivity contribution is 6.30. The van der Waals surface area contributed by atoms with Crippen LogP contribution in [0.3, 0.4) is 0 Å². The van der Waals surface area contributed by atoms with Gasteiger partial charge < -0.3 is 20.3 Å². The van der Waals surface area contributed by atoms with Crippen molar-refractivity contribution in [2.24, 2.45) is 0 Å². The van der Waals surface area contributed by atoms with Crippen LogP contribution in [0.4, 0.5) is 24.9 Å². The molecule has 3 heterocycles. The molecule has 0 unspecified atom stereocenters. The molecular formula is C26H22ClF3N6O2. The third-order valence-corrected chi connectivity index (χ3v) is 6.41. The molecule has 0 bridgehead atoms. The Hall–Kier alpha value is -4.12. The number of nitrogen functional groups attached to an aromatic ring is 1. The molecule has 0 radical (unpaired) electrons. The molecule has 1 aliphatic rings. The van der Waals surface area contributed by atoms with Crippen molar-refractivity contribution in [3.63, 3.8) is 0 Å². The molecule has 0 aliphatic carbocycles. The number of nitrogens with zero attached hydrogens (tertiary/aromatic N) is 5. The first kappa shape index (κ1) is 25.5. The molecule has 0 saturated carbocycles. The highest BCUT2D eigenvalue weighted by atomic mass is 35.5. The molecule has 1 aliphatic heterocycles. The Balaban J connectivity index is 1.31. The number of nitrogens with two attached hydrogens (primary N) is 1. The molecule has 1 fully saturated rings. The number of pyridine rings is 1. The summed E-state index contributed by atoms with van der Waals surface area (Å²) >= 11 is 5.87. The van der Waals surface area contributed by atoms with E-state index in [1.807, 2.05) is 4.90 Å². The summed E-state index contributed by atoms with van der Waals surface area (Å²) in [6.45, 7) is 1.73. The number of carbonyl (C=O) groups excluding carboxylic acids is 1. The number of halogens is 4. The van der Waals surface area contributed by atoms with Gasteiger partial charge in [0.05, 0.1) is 16.8 Å². The summed E-state index contributed by atoms with van der Waals surface area (Å²) in [5, 5.41) is 0.582. The van der Waals surface area contributed by atoms with Gasteiger partial charge in [0.1, 0.15) is 11.3 Å². The summed E-state index contributed by atoms with van der Waals surface area (Å²) < 4.78 is 44.4. The predicted molar refractivity (Wildman–Crippen MR) is 138 cm³/mol. The van der Waals surface area contributed by atoms with Crippen molar-refractivity contribution in [1.82, 2.24) is 19.9 Å². The summed E-state index contributed by atoms with van der Waals surface area (Å²) in [5.74, 6) is 0.992. The van der Waals surface area contributed by atoms with Crippen LogP contribution < -0.4 is 15.4 Å². The molecule has 4 aromatic rings. The molecule has 0 atom stereocenters. The fourth-order valence-electron chi connectivity index (χ4n) is 4.16. The minimum atomic E-state index is -4.42. The van der Waals surface area contributed by atoms with Gasteiger partial charge in [-0.05, 0) is 48.5 Å². The number of rotatable bonds is 5. The Labute approximate surface area is 220 Å². The summed E-state index contributed by atoms with van der Waals surface area (Å²) in [7, 11) is 0. The second kappa shape index (κ2) is 10.3. The third kappa shape index (κ3) is 5.57. The zero-order valence-electron chi connectivity index (χ0n) is 20.0. The van der Waals surface area contributed by atoms with Crippen LogP contribution in [0.5, 0.6) is 5.75 Å². The van der Waals surface area contributed by atoms with Crippen molar-refractivity contribution in [3.8, 4) is 17.0 Å². The van der Waals surface area contributed by atoms with E-state index in [1.54, 1.807) is 41.3 Å². The first-order valence-electron chi connectivity index (χ1n) is 11.7.